The van der Waals surface area contributed by atoms with Crippen LogP contribution in [-0.2, 0) is 23.1 Å². The average molecular weight is 410 g/mol. The van der Waals surface area contributed by atoms with E-state index in [9.17, 15) is 8.42 Å². The molecule has 0 aromatic heterocycles. The van der Waals surface area contributed by atoms with Crippen LogP contribution in [0.15, 0.2) is 66.7 Å². The summed E-state index contributed by atoms with van der Waals surface area (Å²) in [5.41, 5.74) is 5.02. The minimum absolute atomic E-state index is 0.0862. The first-order valence-electron chi connectivity index (χ1n) is 9.38. The van der Waals surface area contributed by atoms with Crippen molar-refractivity contribution in [2.45, 2.75) is 18.9 Å². The first-order valence-corrected chi connectivity index (χ1v) is 11.3. The maximum Gasteiger partial charge on any atom is 0.229 e. The number of nitrogens with one attached hydrogen (secondary N) is 1. The van der Waals surface area contributed by atoms with E-state index < -0.39 is 10.0 Å². The molecule has 3 aromatic rings. The Bertz CT molecular complexity index is 1140. The molecule has 3 aromatic carbocycles. The van der Waals surface area contributed by atoms with E-state index in [1.165, 1.54) is 5.56 Å². The monoisotopic (exact) mass is 409 g/mol. The third-order valence-corrected chi connectivity index (χ3v) is 5.68. The molecule has 0 saturated carbocycles. The molecule has 5 nitrogen and oxygen atoms in total. The van der Waals surface area contributed by atoms with Gasteiger partial charge < -0.3 is 9.47 Å². The van der Waals surface area contributed by atoms with Gasteiger partial charge in [0.05, 0.1) is 13.4 Å². The maximum atomic E-state index is 11.6. The smallest absolute Gasteiger partial charge is 0.229 e. The van der Waals surface area contributed by atoms with Crippen LogP contribution in [-0.4, -0.2) is 21.8 Å². The molecule has 1 unspecified atom stereocenters. The lowest BCUT2D eigenvalue weighted by Gasteiger charge is -2.20. The Kier molecular flexibility index (Phi) is 5.20. The van der Waals surface area contributed by atoms with Crippen molar-refractivity contribution in [1.82, 2.24) is 0 Å². The van der Waals surface area contributed by atoms with Crippen molar-refractivity contribution < 1.29 is 17.9 Å². The largest absolute Gasteiger partial charge is 0.497 e. The Balaban J connectivity index is 1.76. The van der Waals surface area contributed by atoms with Crippen LogP contribution in [0.3, 0.4) is 0 Å². The molecule has 0 radical (unpaired) electrons. The zero-order valence-electron chi connectivity index (χ0n) is 16.4. The quantitative estimate of drug-likeness (QED) is 0.681. The number of benzene rings is 3. The van der Waals surface area contributed by atoms with Gasteiger partial charge in [-0.2, -0.15) is 0 Å². The highest BCUT2D eigenvalue weighted by atomic mass is 32.2. The minimum atomic E-state index is -3.32. The van der Waals surface area contributed by atoms with Crippen molar-refractivity contribution in [3.8, 4) is 11.5 Å². The van der Waals surface area contributed by atoms with E-state index in [4.69, 9.17) is 9.47 Å². The standard InChI is InChI=1S/C23H23NO4S/c1-27-19-10-11-20-17(14-19)15-28-23-9-4-3-8-21(23)22(20)13-16-6-5-7-18(12-16)24-29(2,25)26/h3-12,14,22,24H,13,15H2,1-2H3. The van der Waals surface area contributed by atoms with Crippen molar-refractivity contribution >= 4 is 15.7 Å². The fourth-order valence-electron chi connectivity index (χ4n) is 3.83. The highest BCUT2D eigenvalue weighted by molar-refractivity contribution is 7.92. The van der Waals surface area contributed by atoms with Gasteiger partial charge in [-0.15, -0.1) is 0 Å². The van der Waals surface area contributed by atoms with E-state index in [0.717, 1.165) is 40.9 Å². The molecule has 4 rings (SSSR count). The third-order valence-electron chi connectivity index (χ3n) is 5.07. The number of sulfonamides is 1. The number of anilines is 1. The Hall–Kier alpha value is -2.99. The van der Waals surface area contributed by atoms with E-state index in [1.54, 1.807) is 13.2 Å². The van der Waals surface area contributed by atoms with Crippen LogP contribution in [0.25, 0.3) is 0 Å². The van der Waals surface area contributed by atoms with Crippen LogP contribution in [0.2, 0.25) is 0 Å². The third kappa shape index (κ3) is 4.38. The van der Waals surface area contributed by atoms with Crippen molar-refractivity contribution in [2.75, 3.05) is 18.1 Å². The van der Waals surface area contributed by atoms with E-state index in [-0.39, 0.29) is 5.92 Å². The van der Waals surface area contributed by atoms with Gasteiger partial charge in [0.2, 0.25) is 10.0 Å². The predicted octanol–water partition coefficient (Wildman–Crippen LogP) is 4.33. The van der Waals surface area contributed by atoms with Gasteiger partial charge in [-0.1, -0.05) is 36.4 Å². The average Bonchev–Trinajstić information content (AvgIpc) is 2.84. The van der Waals surface area contributed by atoms with Crippen molar-refractivity contribution in [3.63, 3.8) is 0 Å². The number of fused-ring (bicyclic) bond motifs is 2. The van der Waals surface area contributed by atoms with Gasteiger partial charge in [0.15, 0.2) is 0 Å². The second-order valence-electron chi connectivity index (χ2n) is 7.22. The van der Waals surface area contributed by atoms with Crippen LogP contribution in [0.1, 0.15) is 28.2 Å². The summed E-state index contributed by atoms with van der Waals surface area (Å²) in [5.74, 6) is 1.76. The molecule has 0 saturated heterocycles. The molecule has 29 heavy (non-hydrogen) atoms. The fraction of sp³-hybridized carbons (Fsp3) is 0.217. The number of ether oxygens (including phenoxy) is 2. The highest BCUT2D eigenvalue weighted by Crippen LogP contribution is 2.40. The highest BCUT2D eigenvalue weighted by Gasteiger charge is 2.25. The predicted molar refractivity (Wildman–Crippen MR) is 114 cm³/mol. The zero-order chi connectivity index (χ0) is 20.4. The molecule has 0 aliphatic carbocycles. The molecular weight excluding hydrogens is 386 g/mol. The summed E-state index contributed by atoms with van der Waals surface area (Å²) >= 11 is 0. The number of para-hydroxylation sites is 1. The summed E-state index contributed by atoms with van der Waals surface area (Å²) in [6, 6.07) is 21.7. The molecule has 0 spiro atoms. The summed E-state index contributed by atoms with van der Waals surface area (Å²) in [5, 5.41) is 0. The molecule has 1 atom stereocenters. The summed E-state index contributed by atoms with van der Waals surface area (Å²) in [4.78, 5) is 0. The zero-order valence-corrected chi connectivity index (χ0v) is 17.2. The number of hydrogen-bond donors (Lipinski definition) is 1. The van der Waals surface area contributed by atoms with Gasteiger partial charge in [-0.3, -0.25) is 4.72 Å². The SMILES string of the molecule is COc1ccc2c(c1)COc1ccccc1C2Cc1cccc(NS(C)(=O)=O)c1. The van der Waals surface area contributed by atoms with Crippen LogP contribution in [0, 0.1) is 0 Å². The molecule has 0 fully saturated rings. The van der Waals surface area contributed by atoms with Crippen molar-refractivity contribution in [2.24, 2.45) is 0 Å². The minimum Gasteiger partial charge on any atom is -0.497 e. The molecule has 6 heteroatoms. The molecule has 0 bridgehead atoms. The summed E-state index contributed by atoms with van der Waals surface area (Å²) in [6.45, 7) is 0.482. The Labute approximate surface area is 171 Å². The molecular formula is C23H23NO4S. The summed E-state index contributed by atoms with van der Waals surface area (Å²) in [6.07, 6.45) is 1.88. The first-order chi connectivity index (χ1) is 13.9. The number of rotatable bonds is 5. The lowest BCUT2D eigenvalue weighted by atomic mass is 9.83. The normalized spacial score (nSPS) is 15.4. The molecule has 0 amide bonds. The summed E-state index contributed by atoms with van der Waals surface area (Å²) < 4.78 is 37.2. The van der Waals surface area contributed by atoms with E-state index in [1.807, 2.05) is 48.5 Å². The fourth-order valence-corrected chi connectivity index (χ4v) is 4.38. The summed E-state index contributed by atoms with van der Waals surface area (Å²) in [7, 11) is -1.66. The molecule has 1 N–H and O–H groups in total. The van der Waals surface area contributed by atoms with Crippen LogP contribution in [0.4, 0.5) is 5.69 Å². The number of hydrogen-bond acceptors (Lipinski definition) is 4. The second kappa shape index (κ2) is 7.79. The van der Waals surface area contributed by atoms with Crippen LogP contribution in [0.5, 0.6) is 11.5 Å². The van der Waals surface area contributed by atoms with E-state index >= 15 is 0 Å². The van der Waals surface area contributed by atoms with Gasteiger partial charge in [0, 0.05) is 17.2 Å². The van der Waals surface area contributed by atoms with Crippen LogP contribution < -0.4 is 14.2 Å². The second-order valence-corrected chi connectivity index (χ2v) is 8.97. The van der Waals surface area contributed by atoms with Crippen molar-refractivity contribution in [3.05, 3.63) is 89.0 Å². The lowest BCUT2D eigenvalue weighted by Crippen LogP contribution is -2.10. The number of methoxy groups -OCH3 is 1. The van der Waals surface area contributed by atoms with Gasteiger partial charge in [0.1, 0.15) is 18.1 Å². The Morgan fingerprint density at radius 1 is 1.03 bits per heavy atom. The molecule has 1 aliphatic rings. The van der Waals surface area contributed by atoms with Gasteiger partial charge in [-0.25, -0.2) is 8.42 Å². The van der Waals surface area contributed by atoms with E-state index in [0.29, 0.717) is 12.3 Å². The molecule has 1 heterocycles. The van der Waals surface area contributed by atoms with Gasteiger partial charge in [-0.05, 0) is 53.4 Å². The Morgan fingerprint density at radius 3 is 2.66 bits per heavy atom. The first kappa shape index (κ1) is 19.3. The van der Waals surface area contributed by atoms with Gasteiger partial charge >= 0.3 is 0 Å². The molecule has 150 valence electrons. The topological polar surface area (TPSA) is 64.6 Å². The van der Waals surface area contributed by atoms with E-state index in [2.05, 4.69) is 16.9 Å². The molecule has 1 aliphatic heterocycles. The van der Waals surface area contributed by atoms with Gasteiger partial charge in [0.25, 0.3) is 0 Å². The Morgan fingerprint density at radius 2 is 1.86 bits per heavy atom. The van der Waals surface area contributed by atoms with Crippen molar-refractivity contribution in [1.29, 1.82) is 0 Å². The van der Waals surface area contributed by atoms with Crippen LogP contribution >= 0.6 is 0 Å². The maximum absolute atomic E-state index is 11.6. The lowest BCUT2D eigenvalue weighted by molar-refractivity contribution is 0.306.